The summed E-state index contributed by atoms with van der Waals surface area (Å²) >= 11 is 0. The molecule has 0 amide bonds. The molecule has 17 heavy (non-hydrogen) atoms. The number of imidazole rings is 1. The molecule has 0 radical (unpaired) electrons. The molecule has 0 saturated carbocycles. The first-order valence-corrected chi connectivity index (χ1v) is 5.99. The van der Waals surface area contributed by atoms with Crippen molar-refractivity contribution >= 4 is 17.3 Å². The maximum atomic E-state index is 5.83. The first kappa shape index (κ1) is 10.4. The summed E-state index contributed by atoms with van der Waals surface area (Å²) < 4.78 is 1.94. The van der Waals surface area contributed by atoms with Crippen LogP contribution in [0.4, 0.5) is 11.6 Å². The number of nitrogens with two attached hydrogens (primary N) is 1. The summed E-state index contributed by atoms with van der Waals surface area (Å²) in [7, 11) is 0. The highest BCUT2D eigenvalue weighted by atomic mass is 15.2. The molecule has 3 heterocycles. The van der Waals surface area contributed by atoms with Crippen LogP contribution >= 0.6 is 0 Å². The summed E-state index contributed by atoms with van der Waals surface area (Å²) in [5.74, 6) is 2.82. The minimum Gasteiger partial charge on any atom is -0.382 e. The molecule has 1 aliphatic heterocycles. The van der Waals surface area contributed by atoms with Gasteiger partial charge < -0.3 is 15.0 Å². The molecule has 3 rings (SSSR count). The highest BCUT2D eigenvalue weighted by Crippen LogP contribution is 2.29. The van der Waals surface area contributed by atoms with Gasteiger partial charge in [-0.25, -0.2) is 9.97 Å². The zero-order valence-corrected chi connectivity index (χ0v) is 10.2. The Hall–Kier alpha value is -1.78. The minimum atomic E-state index is 0.540. The lowest BCUT2D eigenvalue weighted by Crippen LogP contribution is -2.22. The SMILES string of the molecule is CC1CN(c2nc(N)cn3ccnc23)CC1C. The van der Waals surface area contributed by atoms with Crippen LogP contribution in [0.5, 0.6) is 0 Å². The molecule has 2 N–H and O–H groups in total. The Kier molecular flexibility index (Phi) is 2.21. The zero-order chi connectivity index (χ0) is 12.0. The van der Waals surface area contributed by atoms with Crippen molar-refractivity contribution < 1.29 is 0 Å². The smallest absolute Gasteiger partial charge is 0.180 e. The normalized spacial score (nSPS) is 24.7. The van der Waals surface area contributed by atoms with E-state index in [1.165, 1.54) is 0 Å². The number of nitrogen functional groups attached to an aromatic ring is 1. The third kappa shape index (κ3) is 1.62. The van der Waals surface area contributed by atoms with E-state index in [0.29, 0.717) is 17.7 Å². The van der Waals surface area contributed by atoms with Crippen molar-refractivity contribution in [3.63, 3.8) is 0 Å². The second-order valence-corrected chi connectivity index (χ2v) is 5.01. The quantitative estimate of drug-likeness (QED) is 0.806. The second-order valence-electron chi connectivity index (χ2n) is 5.01. The van der Waals surface area contributed by atoms with Gasteiger partial charge in [-0.1, -0.05) is 13.8 Å². The Morgan fingerprint density at radius 2 is 2.00 bits per heavy atom. The summed E-state index contributed by atoms with van der Waals surface area (Å²) in [5, 5.41) is 0. The minimum absolute atomic E-state index is 0.540. The van der Waals surface area contributed by atoms with Gasteiger partial charge in [-0.2, -0.15) is 0 Å². The summed E-state index contributed by atoms with van der Waals surface area (Å²) in [6.07, 6.45) is 5.48. The Morgan fingerprint density at radius 1 is 1.29 bits per heavy atom. The molecule has 1 fully saturated rings. The largest absolute Gasteiger partial charge is 0.382 e. The van der Waals surface area contributed by atoms with E-state index in [4.69, 9.17) is 5.73 Å². The first-order chi connectivity index (χ1) is 8.15. The van der Waals surface area contributed by atoms with Crippen LogP contribution in [0.25, 0.3) is 5.65 Å². The molecule has 2 atom stereocenters. The van der Waals surface area contributed by atoms with Crippen LogP contribution in [0.3, 0.4) is 0 Å². The predicted octanol–water partition coefficient (Wildman–Crippen LogP) is 1.40. The maximum absolute atomic E-state index is 5.83. The van der Waals surface area contributed by atoms with Gasteiger partial charge in [-0.15, -0.1) is 0 Å². The second kappa shape index (κ2) is 3.61. The van der Waals surface area contributed by atoms with E-state index in [0.717, 1.165) is 24.6 Å². The Labute approximate surface area is 100 Å². The predicted molar refractivity (Wildman–Crippen MR) is 67.9 cm³/mol. The Balaban J connectivity index is 2.08. The van der Waals surface area contributed by atoms with Crippen molar-refractivity contribution in [1.29, 1.82) is 0 Å². The van der Waals surface area contributed by atoms with Crippen molar-refractivity contribution in [3.8, 4) is 0 Å². The summed E-state index contributed by atoms with van der Waals surface area (Å²) in [4.78, 5) is 11.1. The van der Waals surface area contributed by atoms with Crippen LogP contribution in [0.2, 0.25) is 0 Å². The van der Waals surface area contributed by atoms with Gasteiger partial charge >= 0.3 is 0 Å². The lowest BCUT2D eigenvalue weighted by molar-refractivity contribution is 0.494. The summed E-state index contributed by atoms with van der Waals surface area (Å²) in [6, 6.07) is 0. The van der Waals surface area contributed by atoms with Crippen LogP contribution in [0, 0.1) is 11.8 Å². The van der Waals surface area contributed by atoms with Crippen LogP contribution in [-0.4, -0.2) is 27.5 Å². The molecule has 2 unspecified atom stereocenters. The number of nitrogens with zero attached hydrogens (tertiary/aromatic N) is 4. The molecule has 0 bridgehead atoms. The van der Waals surface area contributed by atoms with E-state index in [2.05, 4.69) is 28.7 Å². The molecule has 1 aliphatic rings. The number of hydrogen-bond acceptors (Lipinski definition) is 4. The van der Waals surface area contributed by atoms with Crippen LogP contribution < -0.4 is 10.6 Å². The van der Waals surface area contributed by atoms with Crippen molar-refractivity contribution in [1.82, 2.24) is 14.4 Å². The fourth-order valence-corrected chi connectivity index (χ4v) is 2.45. The fourth-order valence-electron chi connectivity index (χ4n) is 2.45. The highest BCUT2D eigenvalue weighted by Gasteiger charge is 2.28. The van der Waals surface area contributed by atoms with Gasteiger partial charge in [0.05, 0.1) is 6.20 Å². The number of aromatic nitrogens is 3. The number of fused-ring (bicyclic) bond motifs is 1. The van der Waals surface area contributed by atoms with Crippen molar-refractivity contribution in [2.45, 2.75) is 13.8 Å². The zero-order valence-electron chi connectivity index (χ0n) is 10.2. The van der Waals surface area contributed by atoms with E-state index in [9.17, 15) is 0 Å². The van der Waals surface area contributed by atoms with Crippen molar-refractivity contribution in [2.75, 3.05) is 23.7 Å². The van der Waals surface area contributed by atoms with E-state index in [-0.39, 0.29) is 0 Å². The summed E-state index contributed by atoms with van der Waals surface area (Å²) in [6.45, 7) is 6.61. The summed E-state index contributed by atoms with van der Waals surface area (Å²) in [5.41, 5.74) is 6.72. The lowest BCUT2D eigenvalue weighted by Gasteiger charge is -2.18. The molecule has 0 aliphatic carbocycles. The standard InChI is InChI=1S/C12H17N5/c1-8-5-17(6-9(8)2)12-11-14-3-4-16(11)7-10(13)15-12/h3-4,7-9H,5-6,13H2,1-2H3. The molecule has 5 nitrogen and oxygen atoms in total. The van der Waals surface area contributed by atoms with Gasteiger partial charge in [0, 0.05) is 25.5 Å². The highest BCUT2D eigenvalue weighted by molar-refractivity contribution is 5.66. The first-order valence-electron chi connectivity index (χ1n) is 5.99. The monoisotopic (exact) mass is 231 g/mol. The number of hydrogen-bond donors (Lipinski definition) is 1. The third-order valence-corrected chi connectivity index (χ3v) is 3.66. The number of rotatable bonds is 1. The molecule has 90 valence electrons. The van der Waals surface area contributed by atoms with E-state index >= 15 is 0 Å². The van der Waals surface area contributed by atoms with E-state index in [1.54, 1.807) is 12.4 Å². The molecule has 5 heteroatoms. The molecular formula is C12H17N5. The molecule has 0 spiro atoms. The average Bonchev–Trinajstić information content (AvgIpc) is 2.85. The van der Waals surface area contributed by atoms with Crippen LogP contribution in [-0.2, 0) is 0 Å². The van der Waals surface area contributed by atoms with E-state index in [1.807, 2.05) is 10.6 Å². The van der Waals surface area contributed by atoms with Gasteiger partial charge in [0.25, 0.3) is 0 Å². The topological polar surface area (TPSA) is 59.5 Å². The van der Waals surface area contributed by atoms with Crippen LogP contribution in [0.15, 0.2) is 18.6 Å². The van der Waals surface area contributed by atoms with Gasteiger partial charge in [0.15, 0.2) is 11.5 Å². The number of anilines is 2. The third-order valence-electron chi connectivity index (χ3n) is 3.66. The Bertz CT molecular complexity index is 537. The molecular weight excluding hydrogens is 214 g/mol. The fraction of sp³-hybridized carbons (Fsp3) is 0.500. The van der Waals surface area contributed by atoms with Gasteiger partial charge in [-0.3, -0.25) is 0 Å². The maximum Gasteiger partial charge on any atom is 0.180 e. The van der Waals surface area contributed by atoms with Gasteiger partial charge in [-0.05, 0) is 11.8 Å². The lowest BCUT2D eigenvalue weighted by atomic mass is 10.0. The van der Waals surface area contributed by atoms with Crippen LogP contribution in [0.1, 0.15) is 13.8 Å². The van der Waals surface area contributed by atoms with Crippen molar-refractivity contribution in [3.05, 3.63) is 18.6 Å². The average molecular weight is 231 g/mol. The molecule has 2 aromatic rings. The molecule has 0 aromatic carbocycles. The molecule has 2 aromatic heterocycles. The van der Waals surface area contributed by atoms with E-state index < -0.39 is 0 Å². The van der Waals surface area contributed by atoms with Crippen molar-refractivity contribution in [2.24, 2.45) is 11.8 Å². The van der Waals surface area contributed by atoms with Gasteiger partial charge in [0.1, 0.15) is 5.82 Å². The van der Waals surface area contributed by atoms with Gasteiger partial charge in [0.2, 0.25) is 0 Å². The Morgan fingerprint density at radius 3 is 2.71 bits per heavy atom. The molecule has 1 saturated heterocycles.